The molecule has 0 saturated carbocycles. The van der Waals surface area contributed by atoms with Crippen LogP contribution in [0.3, 0.4) is 0 Å². The topological polar surface area (TPSA) is 45.0 Å². The van der Waals surface area contributed by atoms with Crippen molar-refractivity contribution >= 4 is 5.69 Å². The third-order valence-electron chi connectivity index (χ3n) is 5.66. The van der Waals surface area contributed by atoms with Crippen LogP contribution in [0.25, 0.3) is 11.3 Å². The largest absolute Gasteiger partial charge is 0.573 e. The molecule has 2 aromatic carbocycles. The van der Waals surface area contributed by atoms with Gasteiger partial charge in [-0.3, -0.25) is 9.80 Å². The molecule has 1 aromatic heterocycles. The number of hydrogen-bond acceptors (Lipinski definition) is 6. The average Bonchev–Trinajstić information content (AvgIpc) is 3.26. The van der Waals surface area contributed by atoms with Crippen LogP contribution in [0.1, 0.15) is 5.76 Å². The summed E-state index contributed by atoms with van der Waals surface area (Å²) in [5, 5.41) is 4.05. The second-order valence-corrected chi connectivity index (χ2v) is 8.15. The summed E-state index contributed by atoms with van der Waals surface area (Å²) >= 11 is 0. The first kappa shape index (κ1) is 23.1. The van der Waals surface area contributed by atoms with Gasteiger partial charge in [0.05, 0.1) is 6.54 Å². The molecular formula is C24H27F3N4O2. The molecule has 0 N–H and O–H groups in total. The molecule has 176 valence electrons. The average molecular weight is 461 g/mol. The Bertz CT molecular complexity index is 1000. The van der Waals surface area contributed by atoms with Gasteiger partial charge in [-0.05, 0) is 43.4 Å². The molecule has 0 unspecified atom stereocenters. The molecule has 0 spiro atoms. The van der Waals surface area contributed by atoms with Gasteiger partial charge in [-0.2, -0.15) is 0 Å². The lowest BCUT2D eigenvalue weighted by atomic mass is 10.1. The minimum absolute atomic E-state index is 0.265. The molecule has 1 fully saturated rings. The first-order valence-electron chi connectivity index (χ1n) is 10.9. The summed E-state index contributed by atoms with van der Waals surface area (Å²) in [5.41, 5.74) is 2.52. The van der Waals surface area contributed by atoms with Gasteiger partial charge >= 0.3 is 6.36 Å². The predicted molar refractivity (Wildman–Crippen MR) is 120 cm³/mol. The number of benzene rings is 2. The van der Waals surface area contributed by atoms with E-state index in [9.17, 15) is 13.2 Å². The fourth-order valence-corrected chi connectivity index (χ4v) is 3.88. The molecule has 9 heteroatoms. The highest BCUT2D eigenvalue weighted by molar-refractivity contribution is 5.59. The zero-order valence-corrected chi connectivity index (χ0v) is 18.5. The number of hydrogen-bond donors (Lipinski definition) is 0. The number of anilines is 1. The Balaban J connectivity index is 1.22. The third-order valence-corrected chi connectivity index (χ3v) is 5.66. The Morgan fingerprint density at radius 1 is 1.00 bits per heavy atom. The third kappa shape index (κ3) is 6.72. The van der Waals surface area contributed by atoms with Gasteiger partial charge in [0, 0.05) is 56.6 Å². The van der Waals surface area contributed by atoms with Gasteiger partial charge in [-0.25, -0.2) is 0 Å². The van der Waals surface area contributed by atoms with E-state index in [1.165, 1.54) is 30.0 Å². The van der Waals surface area contributed by atoms with E-state index in [-0.39, 0.29) is 5.75 Å². The highest BCUT2D eigenvalue weighted by Crippen LogP contribution is 2.26. The zero-order valence-electron chi connectivity index (χ0n) is 18.5. The summed E-state index contributed by atoms with van der Waals surface area (Å²) in [4.78, 5) is 7.05. The van der Waals surface area contributed by atoms with Crippen LogP contribution < -0.4 is 9.64 Å². The van der Waals surface area contributed by atoms with Gasteiger partial charge in [-0.15, -0.1) is 13.2 Å². The molecular weight excluding hydrogens is 433 g/mol. The number of alkyl halides is 3. The van der Waals surface area contributed by atoms with E-state index in [4.69, 9.17) is 4.52 Å². The van der Waals surface area contributed by atoms with Gasteiger partial charge in [0.25, 0.3) is 0 Å². The SMILES string of the molecule is CN(CCN1CCN(c2ccccc2)CC1)Cc1cc(-c2ccc(OC(F)(F)F)cc2)no1. The van der Waals surface area contributed by atoms with E-state index >= 15 is 0 Å². The molecule has 1 saturated heterocycles. The van der Waals surface area contributed by atoms with Crippen molar-refractivity contribution in [2.24, 2.45) is 0 Å². The zero-order chi connectivity index (χ0) is 23.3. The second-order valence-electron chi connectivity index (χ2n) is 8.15. The van der Waals surface area contributed by atoms with Crippen LogP contribution in [0.5, 0.6) is 5.75 Å². The number of nitrogens with zero attached hydrogens (tertiary/aromatic N) is 4. The Hall–Kier alpha value is -3.04. The van der Waals surface area contributed by atoms with Crippen LogP contribution in [0.2, 0.25) is 0 Å². The van der Waals surface area contributed by atoms with E-state index in [0.29, 0.717) is 23.6 Å². The molecule has 1 aliphatic heterocycles. The van der Waals surface area contributed by atoms with Crippen molar-refractivity contribution in [2.45, 2.75) is 12.9 Å². The molecule has 4 rings (SSSR count). The van der Waals surface area contributed by atoms with Crippen LogP contribution in [0.4, 0.5) is 18.9 Å². The summed E-state index contributed by atoms with van der Waals surface area (Å²) in [7, 11) is 2.03. The van der Waals surface area contributed by atoms with Crippen molar-refractivity contribution in [3.05, 3.63) is 66.4 Å². The number of rotatable bonds is 8. The van der Waals surface area contributed by atoms with Crippen molar-refractivity contribution < 1.29 is 22.4 Å². The molecule has 2 heterocycles. The maximum Gasteiger partial charge on any atom is 0.573 e. The fourth-order valence-electron chi connectivity index (χ4n) is 3.88. The standard InChI is InChI=1S/C24H27F3N4O2/c1-29(11-12-30-13-15-31(16-14-30)20-5-3-2-4-6-20)18-22-17-23(28-33-22)19-7-9-21(10-8-19)32-24(25,26)27/h2-10,17H,11-16,18H2,1H3. The van der Waals surface area contributed by atoms with Crippen LogP contribution in [0.15, 0.2) is 65.2 Å². The number of likely N-dealkylation sites (N-methyl/N-ethyl adjacent to an activating group) is 1. The van der Waals surface area contributed by atoms with E-state index in [0.717, 1.165) is 39.3 Å². The fraction of sp³-hybridized carbons (Fsp3) is 0.375. The van der Waals surface area contributed by atoms with Gasteiger partial charge < -0.3 is 14.2 Å². The molecule has 3 aromatic rings. The van der Waals surface area contributed by atoms with Crippen molar-refractivity contribution in [3.63, 3.8) is 0 Å². The van der Waals surface area contributed by atoms with Crippen molar-refractivity contribution in [2.75, 3.05) is 51.2 Å². The number of piperazine rings is 1. The summed E-state index contributed by atoms with van der Waals surface area (Å²) in [6, 6.07) is 17.9. The lowest BCUT2D eigenvalue weighted by Gasteiger charge is -2.36. The van der Waals surface area contributed by atoms with Crippen LogP contribution in [-0.4, -0.2) is 67.6 Å². The Morgan fingerprint density at radius 3 is 2.36 bits per heavy atom. The van der Waals surface area contributed by atoms with Gasteiger partial charge in [0.2, 0.25) is 0 Å². The Labute approximate surface area is 191 Å². The lowest BCUT2D eigenvalue weighted by molar-refractivity contribution is -0.274. The van der Waals surface area contributed by atoms with Crippen molar-refractivity contribution in [1.82, 2.24) is 15.0 Å². The minimum atomic E-state index is -4.71. The number of ether oxygens (including phenoxy) is 1. The molecule has 1 aliphatic rings. The van der Waals surface area contributed by atoms with Crippen LogP contribution in [0, 0.1) is 0 Å². The molecule has 0 aliphatic carbocycles. The molecule has 6 nitrogen and oxygen atoms in total. The van der Waals surface area contributed by atoms with E-state index in [2.05, 4.69) is 48.9 Å². The van der Waals surface area contributed by atoms with Gasteiger partial charge in [0.15, 0.2) is 5.76 Å². The molecule has 33 heavy (non-hydrogen) atoms. The Kier molecular flexibility index (Phi) is 7.20. The number of halogens is 3. The monoisotopic (exact) mass is 460 g/mol. The highest BCUT2D eigenvalue weighted by atomic mass is 19.4. The molecule has 0 bridgehead atoms. The predicted octanol–water partition coefficient (Wildman–Crippen LogP) is 4.49. The maximum atomic E-state index is 12.3. The van der Waals surface area contributed by atoms with E-state index < -0.39 is 6.36 Å². The lowest BCUT2D eigenvalue weighted by Crippen LogP contribution is -2.48. The number of aromatic nitrogens is 1. The smallest absolute Gasteiger partial charge is 0.406 e. The first-order valence-corrected chi connectivity index (χ1v) is 10.9. The van der Waals surface area contributed by atoms with E-state index in [1.807, 2.05) is 19.2 Å². The molecule has 0 radical (unpaired) electrons. The summed E-state index contributed by atoms with van der Waals surface area (Å²) < 4.78 is 46.2. The Morgan fingerprint density at radius 2 is 1.70 bits per heavy atom. The molecule has 0 amide bonds. The van der Waals surface area contributed by atoms with Crippen LogP contribution in [-0.2, 0) is 6.54 Å². The quantitative estimate of drug-likeness (QED) is 0.494. The number of para-hydroxylation sites is 1. The second kappa shape index (κ2) is 10.3. The first-order chi connectivity index (χ1) is 15.9. The van der Waals surface area contributed by atoms with E-state index in [1.54, 1.807) is 0 Å². The summed E-state index contributed by atoms with van der Waals surface area (Å²) in [5.74, 6) is 0.441. The summed E-state index contributed by atoms with van der Waals surface area (Å²) in [6.45, 7) is 6.57. The van der Waals surface area contributed by atoms with Crippen molar-refractivity contribution in [1.29, 1.82) is 0 Å². The van der Waals surface area contributed by atoms with Crippen LogP contribution >= 0.6 is 0 Å². The normalized spacial score (nSPS) is 15.2. The minimum Gasteiger partial charge on any atom is -0.406 e. The maximum absolute atomic E-state index is 12.3. The summed E-state index contributed by atoms with van der Waals surface area (Å²) in [6.07, 6.45) is -4.71. The highest BCUT2D eigenvalue weighted by Gasteiger charge is 2.31. The van der Waals surface area contributed by atoms with Gasteiger partial charge in [-0.1, -0.05) is 23.4 Å². The molecule has 0 atom stereocenters. The van der Waals surface area contributed by atoms with Gasteiger partial charge in [0.1, 0.15) is 11.4 Å². The van der Waals surface area contributed by atoms with Crippen molar-refractivity contribution in [3.8, 4) is 17.0 Å².